The van der Waals surface area contributed by atoms with E-state index in [1.807, 2.05) is 0 Å². The number of carboxylic acids is 1. The smallest absolute Gasteiger partial charge is 0.308 e. The van der Waals surface area contributed by atoms with Crippen LogP contribution in [0.3, 0.4) is 0 Å². The van der Waals surface area contributed by atoms with Crippen molar-refractivity contribution in [1.29, 1.82) is 0 Å². The molecule has 0 aliphatic heterocycles. The summed E-state index contributed by atoms with van der Waals surface area (Å²) in [6.07, 6.45) is 2.81. The van der Waals surface area contributed by atoms with Crippen LogP contribution in [0, 0.1) is 6.92 Å². The van der Waals surface area contributed by atoms with E-state index >= 15 is 0 Å². The summed E-state index contributed by atoms with van der Waals surface area (Å²) in [5.74, 6) is -0.994. The van der Waals surface area contributed by atoms with Crippen molar-refractivity contribution in [2.45, 2.75) is 17.6 Å². The molecule has 0 unspecified atom stereocenters. The summed E-state index contributed by atoms with van der Waals surface area (Å²) < 4.78 is 26.9. The molecule has 20 heavy (non-hydrogen) atoms. The van der Waals surface area contributed by atoms with E-state index in [-0.39, 0.29) is 10.6 Å². The molecule has 8 heteroatoms. The number of hydrogen-bond acceptors (Lipinski definition) is 5. The maximum atomic E-state index is 12.2. The van der Waals surface area contributed by atoms with Crippen molar-refractivity contribution >= 4 is 33.0 Å². The number of hydrogen-bond donors (Lipinski definition) is 2. The molecule has 0 bridgehead atoms. The van der Waals surface area contributed by atoms with Gasteiger partial charge in [-0.3, -0.25) is 14.5 Å². The Kier molecular flexibility index (Phi) is 4.05. The third-order valence-corrected chi connectivity index (χ3v) is 5.45. The average Bonchev–Trinajstić information content (AvgIpc) is 2.80. The Morgan fingerprint density at radius 1 is 1.40 bits per heavy atom. The van der Waals surface area contributed by atoms with Gasteiger partial charge in [-0.1, -0.05) is 0 Å². The summed E-state index contributed by atoms with van der Waals surface area (Å²) in [5, 5.41) is 8.68. The number of aliphatic carboxylic acids is 1. The van der Waals surface area contributed by atoms with E-state index in [1.54, 1.807) is 19.2 Å². The fourth-order valence-corrected chi connectivity index (χ4v) is 3.97. The molecular weight excluding hydrogens is 300 g/mol. The molecule has 2 aromatic heterocycles. The fraction of sp³-hybridized carbons (Fsp3) is 0.167. The summed E-state index contributed by atoms with van der Waals surface area (Å²) in [6, 6.07) is 4.60. The van der Waals surface area contributed by atoms with Gasteiger partial charge in [-0.15, -0.1) is 11.3 Å². The number of nitrogens with one attached hydrogen (secondary N) is 1. The Balaban J connectivity index is 2.25. The Morgan fingerprint density at radius 2 is 2.15 bits per heavy atom. The Morgan fingerprint density at radius 3 is 2.80 bits per heavy atom. The van der Waals surface area contributed by atoms with Gasteiger partial charge in [0.15, 0.2) is 0 Å². The minimum Gasteiger partial charge on any atom is -0.481 e. The lowest BCUT2D eigenvalue weighted by Crippen LogP contribution is -2.12. The normalized spacial score (nSPS) is 11.2. The molecule has 0 aliphatic rings. The largest absolute Gasteiger partial charge is 0.481 e. The van der Waals surface area contributed by atoms with Crippen LogP contribution < -0.4 is 4.72 Å². The van der Waals surface area contributed by atoms with Crippen LogP contribution in [0.5, 0.6) is 0 Å². The van der Waals surface area contributed by atoms with Crippen molar-refractivity contribution in [2.24, 2.45) is 0 Å². The molecule has 0 fully saturated rings. The highest BCUT2D eigenvalue weighted by molar-refractivity contribution is 7.94. The van der Waals surface area contributed by atoms with Gasteiger partial charge in [0.2, 0.25) is 0 Å². The Bertz CT molecular complexity index is 737. The van der Waals surface area contributed by atoms with Gasteiger partial charge < -0.3 is 5.11 Å². The molecule has 2 aromatic rings. The van der Waals surface area contributed by atoms with Crippen LogP contribution in [0.15, 0.2) is 34.8 Å². The number of thiophene rings is 1. The minimum absolute atomic E-state index is 0.0806. The predicted molar refractivity (Wildman–Crippen MR) is 75.4 cm³/mol. The molecule has 0 amide bonds. The second kappa shape index (κ2) is 5.59. The molecule has 0 aromatic carbocycles. The van der Waals surface area contributed by atoms with E-state index in [4.69, 9.17) is 5.11 Å². The Labute approximate surface area is 120 Å². The number of rotatable bonds is 5. The first-order valence-corrected chi connectivity index (χ1v) is 7.92. The van der Waals surface area contributed by atoms with Crippen LogP contribution in [0.1, 0.15) is 10.4 Å². The first kappa shape index (κ1) is 14.5. The highest BCUT2D eigenvalue weighted by Crippen LogP contribution is 2.25. The van der Waals surface area contributed by atoms with Gasteiger partial charge in [-0.05, 0) is 30.7 Å². The van der Waals surface area contributed by atoms with E-state index in [2.05, 4.69) is 9.71 Å². The number of nitrogens with zero attached hydrogens (tertiary/aromatic N) is 1. The lowest BCUT2D eigenvalue weighted by atomic mass is 10.3. The molecule has 6 nitrogen and oxygen atoms in total. The fourth-order valence-electron chi connectivity index (χ4n) is 1.51. The molecule has 2 rings (SSSR count). The maximum Gasteiger partial charge on any atom is 0.308 e. The number of aryl methyl sites for hydroxylation is 1. The van der Waals surface area contributed by atoms with Crippen molar-refractivity contribution in [3.05, 3.63) is 41.0 Å². The number of anilines is 1. The van der Waals surface area contributed by atoms with E-state index in [9.17, 15) is 13.2 Å². The number of pyridine rings is 1. The summed E-state index contributed by atoms with van der Waals surface area (Å²) in [7, 11) is -3.72. The maximum absolute atomic E-state index is 12.2. The molecule has 0 spiro atoms. The molecule has 2 heterocycles. The predicted octanol–water partition coefficient (Wildman–Crippen LogP) is 1.88. The highest BCUT2D eigenvalue weighted by atomic mass is 32.2. The quantitative estimate of drug-likeness (QED) is 0.878. The van der Waals surface area contributed by atoms with Crippen LogP contribution >= 0.6 is 11.3 Å². The third kappa shape index (κ3) is 3.34. The monoisotopic (exact) mass is 312 g/mol. The van der Waals surface area contributed by atoms with E-state index in [0.29, 0.717) is 10.6 Å². The van der Waals surface area contributed by atoms with Crippen molar-refractivity contribution in [2.75, 3.05) is 4.72 Å². The molecule has 0 aliphatic carbocycles. The summed E-state index contributed by atoms with van der Waals surface area (Å²) in [4.78, 5) is 15.0. The van der Waals surface area contributed by atoms with Crippen molar-refractivity contribution in [1.82, 2.24) is 4.98 Å². The summed E-state index contributed by atoms with van der Waals surface area (Å²) in [5.41, 5.74) is 1.16. The molecule has 0 radical (unpaired) electrons. The summed E-state index contributed by atoms with van der Waals surface area (Å²) >= 11 is 0.942. The van der Waals surface area contributed by atoms with Crippen molar-refractivity contribution in [3.63, 3.8) is 0 Å². The second-order valence-electron chi connectivity index (χ2n) is 4.09. The third-order valence-electron chi connectivity index (χ3n) is 2.51. The van der Waals surface area contributed by atoms with Gasteiger partial charge in [0, 0.05) is 11.1 Å². The van der Waals surface area contributed by atoms with E-state index in [0.717, 1.165) is 16.9 Å². The average molecular weight is 312 g/mol. The van der Waals surface area contributed by atoms with Crippen molar-refractivity contribution < 1.29 is 18.3 Å². The molecule has 0 saturated heterocycles. The zero-order valence-electron chi connectivity index (χ0n) is 10.5. The Hall–Kier alpha value is -1.93. The van der Waals surface area contributed by atoms with Crippen molar-refractivity contribution in [3.8, 4) is 0 Å². The van der Waals surface area contributed by atoms with Gasteiger partial charge in [0.05, 0.1) is 18.3 Å². The lowest BCUT2D eigenvalue weighted by molar-refractivity contribution is -0.136. The lowest BCUT2D eigenvalue weighted by Gasteiger charge is -2.07. The van der Waals surface area contributed by atoms with Crippen LogP contribution in [0.4, 0.5) is 5.69 Å². The highest BCUT2D eigenvalue weighted by Gasteiger charge is 2.18. The van der Waals surface area contributed by atoms with Crippen LogP contribution in [-0.2, 0) is 21.2 Å². The van der Waals surface area contributed by atoms with E-state index < -0.39 is 16.0 Å². The topological polar surface area (TPSA) is 96.4 Å². The molecule has 0 atom stereocenters. The van der Waals surface area contributed by atoms with Crippen LogP contribution in [0.25, 0.3) is 0 Å². The van der Waals surface area contributed by atoms with Gasteiger partial charge in [-0.25, -0.2) is 8.42 Å². The van der Waals surface area contributed by atoms with Gasteiger partial charge >= 0.3 is 5.97 Å². The number of carbonyl (C=O) groups is 1. The molecular formula is C12H12N2O4S2. The van der Waals surface area contributed by atoms with Crippen LogP contribution in [-0.4, -0.2) is 24.5 Å². The first-order chi connectivity index (χ1) is 9.38. The standard InChI is InChI=1S/C12H12N2O4S2/c1-8-4-5-13-7-10(8)14-20(17,18)12-3-2-9(19-12)6-11(15)16/h2-5,7,14H,6H2,1H3,(H,15,16). The molecule has 106 valence electrons. The van der Waals surface area contributed by atoms with Crippen LogP contribution in [0.2, 0.25) is 0 Å². The van der Waals surface area contributed by atoms with Gasteiger partial charge in [0.1, 0.15) is 4.21 Å². The minimum atomic E-state index is -3.72. The summed E-state index contributed by atoms with van der Waals surface area (Å²) in [6.45, 7) is 1.77. The molecule has 2 N–H and O–H groups in total. The van der Waals surface area contributed by atoms with Gasteiger partial charge in [0.25, 0.3) is 10.0 Å². The zero-order chi connectivity index (χ0) is 14.8. The van der Waals surface area contributed by atoms with E-state index in [1.165, 1.54) is 18.3 Å². The first-order valence-electron chi connectivity index (χ1n) is 5.62. The number of aromatic nitrogens is 1. The molecule has 0 saturated carbocycles. The SMILES string of the molecule is Cc1ccncc1NS(=O)(=O)c1ccc(CC(=O)O)s1. The second-order valence-corrected chi connectivity index (χ2v) is 7.16. The zero-order valence-corrected chi connectivity index (χ0v) is 12.2. The number of sulfonamides is 1. The van der Waals surface area contributed by atoms with Gasteiger partial charge in [-0.2, -0.15) is 0 Å². The number of carboxylic acid groups (broad SMARTS) is 1.